The Bertz CT molecular complexity index is 1450. The number of ether oxygens (including phenoxy) is 2. The zero-order valence-corrected chi connectivity index (χ0v) is 18.6. The van der Waals surface area contributed by atoms with Crippen LogP contribution in [0.2, 0.25) is 0 Å². The van der Waals surface area contributed by atoms with Gasteiger partial charge in [0.05, 0.1) is 25.3 Å². The Kier molecular flexibility index (Phi) is 5.30. The summed E-state index contributed by atoms with van der Waals surface area (Å²) in [6, 6.07) is 25.6. The van der Waals surface area contributed by atoms with Crippen LogP contribution >= 0.6 is 0 Å². The number of benzene rings is 4. The van der Waals surface area contributed by atoms with E-state index in [9.17, 15) is 14.4 Å². The van der Waals surface area contributed by atoms with Crippen molar-refractivity contribution in [2.45, 2.75) is 0 Å². The largest absolute Gasteiger partial charge is 0.465 e. The molecule has 166 valence electrons. The molecule has 0 amide bonds. The van der Waals surface area contributed by atoms with Gasteiger partial charge in [-0.1, -0.05) is 84.9 Å². The number of carbonyl (C=O) groups is 3. The summed E-state index contributed by atoms with van der Waals surface area (Å²) in [5, 5.41) is 0. The van der Waals surface area contributed by atoms with Gasteiger partial charge in [-0.15, -0.1) is 0 Å². The number of hydrogen-bond acceptors (Lipinski definition) is 5. The van der Waals surface area contributed by atoms with Crippen LogP contribution in [0, 0.1) is 0 Å². The molecule has 0 bridgehead atoms. The molecule has 5 rings (SSSR count). The predicted octanol–water partition coefficient (Wildman–Crippen LogP) is 5.81. The maximum Gasteiger partial charge on any atom is 0.339 e. The molecule has 0 unspecified atom stereocenters. The Morgan fingerprint density at radius 3 is 1.41 bits per heavy atom. The van der Waals surface area contributed by atoms with Crippen molar-refractivity contribution in [3.8, 4) is 33.4 Å². The molecule has 0 radical (unpaired) electrons. The lowest BCUT2D eigenvalue weighted by Gasteiger charge is -2.22. The first-order valence-corrected chi connectivity index (χ1v) is 10.7. The van der Waals surface area contributed by atoms with E-state index in [0.717, 1.165) is 0 Å². The zero-order valence-electron chi connectivity index (χ0n) is 18.6. The van der Waals surface area contributed by atoms with Gasteiger partial charge in [0.1, 0.15) is 0 Å². The number of ketones is 1. The van der Waals surface area contributed by atoms with E-state index in [-0.39, 0.29) is 16.9 Å². The average molecular weight is 448 g/mol. The van der Waals surface area contributed by atoms with Crippen molar-refractivity contribution in [2.24, 2.45) is 0 Å². The van der Waals surface area contributed by atoms with Gasteiger partial charge in [-0.2, -0.15) is 0 Å². The van der Waals surface area contributed by atoms with Gasteiger partial charge >= 0.3 is 11.9 Å². The van der Waals surface area contributed by atoms with Crippen molar-refractivity contribution in [2.75, 3.05) is 14.2 Å². The SMILES string of the molecule is COC(=O)c1c(C(=O)OC)c(-c2ccccc2)c2c(c1-c1ccccc1)C(=O)c1ccccc1-2. The number of hydrogen-bond donors (Lipinski definition) is 0. The van der Waals surface area contributed by atoms with Crippen molar-refractivity contribution in [3.63, 3.8) is 0 Å². The van der Waals surface area contributed by atoms with Gasteiger partial charge < -0.3 is 9.47 Å². The highest BCUT2D eigenvalue weighted by atomic mass is 16.5. The monoisotopic (exact) mass is 448 g/mol. The fourth-order valence-electron chi connectivity index (χ4n) is 4.68. The maximum absolute atomic E-state index is 13.8. The first-order chi connectivity index (χ1) is 16.6. The van der Waals surface area contributed by atoms with Gasteiger partial charge in [0.15, 0.2) is 5.78 Å². The zero-order chi connectivity index (χ0) is 23.8. The molecule has 0 aromatic heterocycles. The second kappa shape index (κ2) is 8.45. The summed E-state index contributed by atoms with van der Waals surface area (Å²) in [5.74, 6) is -1.61. The summed E-state index contributed by atoms with van der Waals surface area (Å²) < 4.78 is 10.3. The molecule has 0 saturated carbocycles. The summed E-state index contributed by atoms with van der Waals surface area (Å²) in [7, 11) is 2.52. The molecule has 0 aliphatic heterocycles. The van der Waals surface area contributed by atoms with Gasteiger partial charge in [0, 0.05) is 27.8 Å². The molecule has 34 heavy (non-hydrogen) atoms. The molecule has 0 atom stereocenters. The van der Waals surface area contributed by atoms with Crippen LogP contribution in [0.1, 0.15) is 36.6 Å². The van der Waals surface area contributed by atoms with Crippen molar-refractivity contribution in [3.05, 3.63) is 107 Å². The fourth-order valence-corrected chi connectivity index (χ4v) is 4.68. The van der Waals surface area contributed by atoms with Crippen LogP contribution < -0.4 is 0 Å². The number of esters is 2. The molecule has 5 heteroatoms. The summed E-state index contributed by atoms with van der Waals surface area (Å²) >= 11 is 0. The molecule has 0 spiro atoms. The smallest absolute Gasteiger partial charge is 0.339 e. The van der Waals surface area contributed by atoms with Crippen LogP contribution in [-0.4, -0.2) is 31.9 Å². The highest BCUT2D eigenvalue weighted by molar-refractivity contribution is 6.30. The number of methoxy groups -OCH3 is 2. The van der Waals surface area contributed by atoms with Gasteiger partial charge in [0.2, 0.25) is 0 Å². The normalized spacial score (nSPS) is 11.5. The van der Waals surface area contributed by atoms with E-state index in [4.69, 9.17) is 9.47 Å². The van der Waals surface area contributed by atoms with Gasteiger partial charge in [-0.3, -0.25) is 4.79 Å². The summed E-state index contributed by atoms with van der Waals surface area (Å²) in [5.41, 5.74) is 4.45. The van der Waals surface area contributed by atoms with Crippen molar-refractivity contribution < 1.29 is 23.9 Å². The molecule has 4 aromatic carbocycles. The maximum atomic E-state index is 13.8. The molecule has 4 aromatic rings. The van der Waals surface area contributed by atoms with Crippen molar-refractivity contribution in [1.82, 2.24) is 0 Å². The quantitative estimate of drug-likeness (QED) is 0.325. The topological polar surface area (TPSA) is 69.7 Å². The Balaban J connectivity index is 2.08. The summed E-state index contributed by atoms with van der Waals surface area (Å²) in [6.45, 7) is 0. The molecule has 5 nitrogen and oxygen atoms in total. The molecule has 0 N–H and O–H groups in total. The van der Waals surface area contributed by atoms with Crippen molar-refractivity contribution >= 4 is 17.7 Å². The third-order valence-corrected chi connectivity index (χ3v) is 6.07. The molecule has 0 saturated heterocycles. The van der Waals surface area contributed by atoms with E-state index in [1.54, 1.807) is 12.1 Å². The van der Waals surface area contributed by atoms with Crippen LogP contribution in [-0.2, 0) is 9.47 Å². The second-order valence-corrected chi connectivity index (χ2v) is 7.84. The van der Waals surface area contributed by atoms with Crippen LogP contribution in [0.5, 0.6) is 0 Å². The molecular formula is C29H20O5. The highest BCUT2D eigenvalue weighted by Crippen LogP contribution is 2.50. The lowest BCUT2D eigenvalue weighted by Crippen LogP contribution is -2.18. The fraction of sp³-hybridized carbons (Fsp3) is 0.0690. The second-order valence-electron chi connectivity index (χ2n) is 7.84. The number of fused-ring (bicyclic) bond motifs is 3. The van der Waals surface area contributed by atoms with Crippen LogP contribution in [0.3, 0.4) is 0 Å². The van der Waals surface area contributed by atoms with Gasteiger partial charge in [0.25, 0.3) is 0 Å². The molecule has 0 heterocycles. The van der Waals surface area contributed by atoms with Crippen molar-refractivity contribution in [1.29, 1.82) is 0 Å². The first kappa shape index (κ1) is 21.3. The van der Waals surface area contributed by atoms with E-state index in [1.807, 2.05) is 72.8 Å². The van der Waals surface area contributed by atoms with Gasteiger partial charge in [-0.05, 0) is 16.7 Å². The average Bonchev–Trinajstić information content (AvgIpc) is 3.19. The minimum absolute atomic E-state index is 0.0132. The predicted molar refractivity (Wildman–Crippen MR) is 129 cm³/mol. The molecule has 1 aliphatic rings. The Hall–Kier alpha value is -4.51. The Morgan fingerprint density at radius 1 is 0.529 bits per heavy atom. The third kappa shape index (κ3) is 3.13. The Labute approximate surface area is 196 Å². The lowest BCUT2D eigenvalue weighted by atomic mass is 9.81. The summed E-state index contributed by atoms with van der Waals surface area (Å²) in [6.07, 6.45) is 0. The molecular weight excluding hydrogens is 428 g/mol. The van der Waals surface area contributed by atoms with Crippen LogP contribution in [0.4, 0.5) is 0 Å². The number of rotatable bonds is 4. The lowest BCUT2D eigenvalue weighted by molar-refractivity contribution is 0.0556. The highest BCUT2D eigenvalue weighted by Gasteiger charge is 2.40. The van der Waals surface area contributed by atoms with Crippen LogP contribution in [0.25, 0.3) is 33.4 Å². The van der Waals surface area contributed by atoms with E-state index in [2.05, 4.69) is 0 Å². The van der Waals surface area contributed by atoms with Gasteiger partial charge in [-0.25, -0.2) is 9.59 Å². The van der Waals surface area contributed by atoms with E-state index >= 15 is 0 Å². The minimum atomic E-state index is -0.719. The van der Waals surface area contributed by atoms with E-state index in [1.165, 1.54) is 14.2 Å². The van der Waals surface area contributed by atoms with Crippen LogP contribution in [0.15, 0.2) is 84.9 Å². The third-order valence-electron chi connectivity index (χ3n) is 6.07. The molecule has 1 aliphatic carbocycles. The number of carbonyl (C=O) groups excluding carboxylic acids is 3. The minimum Gasteiger partial charge on any atom is -0.465 e. The summed E-state index contributed by atoms with van der Waals surface area (Å²) in [4.78, 5) is 40.4. The standard InChI is InChI=1S/C29H20O5/c1-33-28(31)25-21(17-11-5-3-6-12-17)23-19-15-9-10-16-20(19)27(30)24(23)22(26(25)29(32)34-2)18-13-7-4-8-14-18/h3-16H,1-2H3. The van der Waals surface area contributed by atoms with E-state index < -0.39 is 11.9 Å². The van der Waals surface area contributed by atoms with E-state index in [0.29, 0.717) is 44.5 Å². The first-order valence-electron chi connectivity index (χ1n) is 10.7. The molecule has 0 fully saturated rings. The Morgan fingerprint density at radius 2 is 0.941 bits per heavy atom.